The molecule has 0 spiro atoms. The normalized spacial score (nSPS) is 10.0. The zero-order valence-corrected chi connectivity index (χ0v) is 13.0. The van der Waals surface area contributed by atoms with Crippen LogP contribution in [-0.2, 0) is 11.3 Å². The molecule has 2 N–H and O–H groups in total. The molecule has 7 heteroatoms. The number of hydrogen-bond acceptors (Lipinski definition) is 4. The Labute approximate surface area is 137 Å². The van der Waals surface area contributed by atoms with E-state index in [-0.39, 0.29) is 28.6 Å². The Morgan fingerprint density at radius 3 is 2.48 bits per heavy atom. The maximum atomic E-state index is 11.9. The van der Waals surface area contributed by atoms with Gasteiger partial charge in [-0.2, -0.15) is 0 Å². The summed E-state index contributed by atoms with van der Waals surface area (Å²) in [4.78, 5) is 23.1. The Hall–Kier alpha value is -2.73. The van der Waals surface area contributed by atoms with E-state index in [0.717, 1.165) is 5.56 Å². The first-order valence-electron chi connectivity index (χ1n) is 6.60. The third-order valence-electron chi connectivity index (χ3n) is 3.00. The maximum absolute atomic E-state index is 11.9. The predicted octanol–water partition coefficient (Wildman–Crippen LogP) is 3.80. The number of nitrogens with one attached hydrogen (secondary N) is 1. The van der Waals surface area contributed by atoms with E-state index in [1.54, 1.807) is 12.1 Å². The molecule has 120 valence electrons. The van der Waals surface area contributed by atoms with E-state index in [0.29, 0.717) is 0 Å². The molecule has 0 saturated heterocycles. The first kappa shape index (κ1) is 16.6. The van der Waals surface area contributed by atoms with Crippen molar-refractivity contribution in [3.63, 3.8) is 0 Å². The SMILES string of the molecule is COc1ccc(C(=O)O)c(NC(=O)OCc2ccccc2)c1Cl. The van der Waals surface area contributed by atoms with Gasteiger partial charge in [-0.3, -0.25) is 5.32 Å². The Morgan fingerprint density at radius 2 is 1.87 bits per heavy atom. The number of carbonyl (C=O) groups excluding carboxylic acids is 1. The topological polar surface area (TPSA) is 84.9 Å². The number of carboxylic acids is 1. The first-order valence-corrected chi connectivity index (χ1v) is 6.98. The lowest BCUT2D eigenvalue weighted by atomic mass is 10.1. The molecule has 0 aliphatic carbocycles. The lowest BCUT2D eigenvalue weighted by Gasteiger charge is -2.13. The molecule has 0 radical (unpaired) electrons. The monoisotopic (exact) mass is 335 g/mol. The summed E-state index contributed by atoms with van der Waals surface area (Å²) in [6.07, 6.45) is -0.813. The average molecular weight is 336 g/mol. The molecule has 2 aromatic rings. The molecular weight excluding hydrogens is 322 g/mol. The summed E-state index contributed by atoms with van der Waals surface area (Å²) in [6, 6.07) is 11.8. The van der Waals surface area contributed by atoms with Crippen LogP contribution in [0.3, 0.4) is 0 Å². The number of amides is 1. The van der Waals surface area contributed by atoms with Crippen molar-refractivity contribution < 1.29 is 24.2 Å². The van der Waals surface area contributed by atoms with Gasteiger partial charge in [-0.05, 0) is 17.7 Å². The second-order valence-electron chi connectivity index (χ2n) is 4.50. The molecule has 1 amide bonds. The molecule has 0 fully saturated rings. The van der Waals surface area contributed by atoms with Gasteiger partial charge >= 0.3 is 12.1 Å². The summed E-state index contributed by atoms with van der Waals surface area (Å²) >= 11 is 6.06. The molecule has 0 saturated carbocycles. The number of hydrogen-bond donors (Lipinski definition) is 2. The number of aromatic carboxylic acids is 1. The molecule has 0 aliphatic rings. The molecular formula is C16H14ClNO5. The number of rotatable bonds is 5. The number of carboxylic acid groups (broad SMARTS) is 1. The molecule has 0 aromatic heterocycles. The van der Waals surface area contributed by atoms with Gasteiger partial charge in [0.2, 0.25) is 0 Å². The number of carbonyl (C=O) groups is 2. The van der Waals surface area contributed by atoms with Crippen LogP contribution in [0.5, 0.6) is 5.75 Å². The summed E-state index contributed by atoms with van der Waals surface area (Å²) in [5, 5.41) is 11.5. The van der Waals surface area contributed by atoms with Crippen molar-refractivity contribution in [3.05, 3.63) is 58.6 Å². The van der Waals surface area contributed by atoms with Crippen molar-refractivity contribution in [2.45, 2.75) is 6.61 Å². The lowest BCUT2D eigenvalue weighted by Crippen LogP contribution is -2.16. The summed E-state index contributed by atoms with van der Waals surface area (Å²) in [5.74, 6) is -0.983. The highest BCUT2D eigenvalue weighted by atomic mass is 35.5. The van der Waals surface area contributed by atoms with Crippen molar-refractivity contribution in [2.75, 3.05) is 12.4 Å². The fourth-order valence-electron chi connectivity index (χ4n) is 1.88. The van der Waals surface area contributed by atoms with Crippen molar-refractivity contribution in [2.24, 2.45) is 0 Å². The minimum absolute atomic E-state index is 0.0101. The molecule has 2 aromatic carbocycles. The maximum Gasteiger partial charge on any atom is 0.412 e. The second-order valence-corrected chi connectivity index (χ2v) is 4.87. The van der Waals surface area contributed by atoms with E-state index < -0.39 is 12.1 Å². The third kappa shape index (κ3) is 4.14. The number of ether oxygens (including phenoxy) is 2. The highest BCUT2D eigenvalue weighted by Gasteiger charge is 2.19. The zero-order chi connectivity index (χ0) is 16.8. The Bertz CT molecular complexity index is 718. The quantitative estimate of drug-likeness (QED) is 0.868. The molecule has 6 nitrogen and oxygen atoms in total. The minimum atomic E-state index is -1.23. The molecule has 0 unspecified atom stereocenters. The highest BCUT2D eigenvalue weighted by Crippen LogP contribution is 2.35. The van der Waals surface area contributed by atoms with Crippen molar-refractivity contribution >= 4 is 29.4 Å². The van der Waals surface area contributed by atoms with Gasteiger partial charge in [-0.25, -0.2) is 9.59 Å². The van der Waals surface area contributed by atoms with E-state index >= 15 is 0 Å². The van der Waals surface area contributed by atoms with Gasteiger partial charge in [-0.15, -0.1) is 0 Å². The number of anilines is 1. The van der Waals surface area contributed by atoms with Gasteiger partial charge in [0.05, 0.1) is 18.4 Å². The van der Waals surface area contributed by atoms with Gasteiger partial charge in [0.25, 0.3) is 0 Å². The van der Waals surface area contributed by atoms with Crippen LogP contribution in [0.15, 0.2) is 42.5 Å². The first-order chi connectivity index (χ1) is 11.0. The third-order valence-corrected chi connectivity index (χ3v) is 3.37. The van der Waals surface area contributed by atoms with Crippen LogP contribution in [0.1, 0.15) is 15.9 Å². The lowest BCUT2D eigenvalue weighted by molar-refractivity contribution is 0.0698. The largest absolute Gasteiger partial charge is 0.495 e. The fourth-order valence-corrected chi connectivity index (χ4v) is 2.17. The van der Waals surface area contributed by atoms with Crippen molar-refractivity contribution in [1.29, 1.82) is 0 Å². The second kappa shape index (κ2) is 7.51. The molecule has 0 heterocycles. The van der Waals surface area contributed by atoms with Gasteiger partial charge < -0.3 is 14.6 Å². The van der Waals surface area contributed by atoms with E-state index in [1.807, 2.05) is 18.2 Å². The van der Waals surface area contributed by atoms with E-state index in [4.69, 9.17) is 21.1 Å². The zero-order valence-electron chi connectivity index (χ0n) is 12.2. The number of halogens is 1. The molecule has 0 bridgehead atoms. The van der Waals surface area contributed by atoms with Crippen LogP contribution in [0, 0.1) is 0 Å². The number of benzene rings is 2. The van der Waals surface area contributed by atoms with Gasteiger partial charge in [0.15, 0.2) is 0 Å². The van der Waals surface area contributed by atoms with Gasteiger partial charge in [0.1, 0.15) is 17.4 Å². The fraction of sp³-hybridized carbons (Fsp3) is 0.125. The van der Waals surface area contributed by atoms with Crippen LogP contribution in [-0.4, -0.2) is 24.3 Å². The summed E-state index contributed by atoms with van der Waals surface area (Å²) in [6.45, 7) is 0.0522. The van der Waals surface area contributed by atoms with Crippen LogP contribution in [0.2, 0.25) is 5.02 Å². The highest BCUT2D eigenvalue weighted by molar-refractivity contribution is 6.36. The molecule has 23 heavy (non-hydrogen) atoms. The van der Waals surface area contributed by atoms with Gasteiger partial charge in [-0.1, -0.05) is 41.9 Å². The van der Waals surface area contributed by atoms with Gasteiger partial charge in [0, 0.05) is 0 Å². The summed E-state index contributed by atoms with van der Waals surface area (Å²) < 4.78 is 10.1. The minimum Gasteiger partial charge on any atom is -0.495 e. The van der Waals surface area contributed by atoms with E-state index in [9.17, 15) is 14.7 Å². The van der Waals surface area contributed by atoms with Crippen LogP contribution >= 0.6 is 11.6 Å². The van der Waals surface area contributed by atoms with Crippen molar-refractivity contribution in [1.82, 2.24) is 0 Å². The molecule has 0 atom stereocenters. The molecule has 2 rings (SSSR count). The Morgan fingerprint density at radius 1 is 1.17 bits per heavy atom. The Balaban J connectivity index is 2.14. The summed E-state index contributed by atoms with van der Waals surface area (Å²) in [7, 11) is 1.39. The number of methoxy groups -OCH3 is 1. The Kier molecular flexibility index (Phi) is 5.43. The average Bonchev–Trinajstić information content (AvgIpc) is 2.55. The summed E-state index contributed by atoms with van der Waals surface area (Å²) in [5.41, 5.74) is 0.571. The smallest absolute Gasteiger partial charge is 0.412 e. The van der Waals surface area contributed by atoms with Crippen LogP contribution in [0.4, 0.5) is 10.5 Å². The van der Waals surface area contributed by atoms with Crippen LogP contribution in [0.25, 0.3) is 0 Å². The predicted molar refractivity (Wildman–Crippen MR) is 85.2 cm³/mol. The van der Waals surface area contributed by atoms with E-state index in [2.05, 4.69) is 5.32 Å². The van der Waals surface area contributed by atoms with E-state index in [1.165, 1.54) is 19.2 Å². The molecule has 0 aliphatic heterocycles. The standard InChI is InChI=1S/C16H14ClNO5/c1-22-12-8-7-11(15(19)20)14(13(12)17)18-16(21)23-9-10-5-3-2-4-6-10/h2-8H,9H2,1H3,(H,18,21)(H,19,20). The van der Waals surface area contributed by atoms with Crippen LogP contribution < -0.4 is 10.1 Å². The van der Waals surface area contributed by atoms with Crippen molar-refractivity contribution in [3.8, 4) is 5.75 Å².